The van der Waals surface area contributed by atoms with Crippen molar-refractivity contribution in [2.45, 2.75) is 13.5 Å². The fraction of sp³-hybridized carbons (Fsp3) is 0.143. The molecular weight excluding hydrogens is 410 g/mol. The van der Waals surface area contributed by atoms with E-state index in [1.54, 1.807) is 42.6 Å². The average molecular weight is 428 g/mol. The summed E-state index contributed by atoms with van der Waals surface area (Å²) in [6.45, 7) is 2.66. The molecule has 1 amide bonds. The van der Waals surface area contributed by atoms with Crippen LogP contribution in [0.5, 0.6) is 17.4 Å². The molecule has 1 N–H and O–H groups in total. The number of nitro groups is 1. The molecular formula is C21H18ClN3O5. The Kier molecular flexibility index (Phi) is 6.82. The first kappa shape index (κ1) is 21.1. The molecule has 1 heterocycles. The maximum absolute atomic E-state index is 12.4. The second-order valence-corrected chi connectivity index (χ2v) is 6.52. The number of nitrogens with zero attached hydrogens (tertiary/aromatic N) is 2. The molecule has 0 saturated carbocycles. The van der Waals surface area contributed by atoms with Crippen molar-refractivity contribution in [1.82, 2.24) is 10.3 Å². The van der Waals surface area contributed by atoms with Crippen molar-refractivity contribution in [3.63, 3.8) is 0 Å². The van der Waals surface area contributed by atoms with Gasteiger partial charge >= 0.3 is 0 Å². The highest BCUT2D eigenvalue weighted by molar-refractivity contribution is 6.33. The smallest absolute Gasteiger partial charge is 0.270 e. The summed E-state index contributed by atoms with van der Waals surface area (Å²) in [5, 5.41) is 13.7. The van der Waals surface area contributed by atoms with Crippen molar-refractivity contribution in [2.24, 2.45) is 0 Å². The third-order valence-corrected chi connectivity index (χ3v) is 4.34. The lowest BCUT2D eigenvalue weighted by atomic mass is 10.2. The first-order chi connectivity index (χ1) is 14.5. The molecule has 154 valence electrons. The number of carbonyl (C=O) groups is 1. The number of nitrogens with one attached hydrogen (secondary N) is 1. The van der Waals surface area contributed by atoms with Crippen LogP contribution in [0.1, 0.15) is 22.8 Å². The fourth-order valence-corrected chi connectivity index (χ4v) is 2.79. The standard InChI is InChI=1S/C21H18ClN3O5/c1-2-29-16-4-6-17(7-5-16)30-20-11-14(9-10-23-20)13-24-21(26)18-12-15(25(27)28)3-8-19(18)22/h3-12H,2,13H2,1H3,(H,24,26). The number of ether oxygens (including phenoxy) is 2. The highest BCUT2D eigenvalue weighted by Crippen LogP contribution is 2.24. The Bertz CT molecular complexity index is 1060. The van der Waals surface area contributed by atoms with Crippen LogP contribution in [0.15, 0.2) is 60.8 Å². The predicted molar refractivity (Wildman–Crippen MR) is 111 cm³/mol. The van der Waals surface area contributed by atoms with E-state index < -0.39 is 10.8 Å². The SMILES string of the molecule is CCOc1ccc(Oc2cc(CNC(=O)c3cc([N+](=O)[O-])ccc3Cl)ccn2)cc1. The van der Waals surface area contributed by atoms with Crippen LogP contribution in [-0.2, 0) is 6.54 Å². The van der Waals surface area contributed by atoms with Crippen LogP contribution in [-0.4, -0.2) is 22.4 Å². The minimum absolute atomic E-state index is 0.0331. The lowest BCUT2D eigenvalue weighted by Crippen LogP contribution is -2.23. The molecule has 0 unspecified atom stereocenters. The summed E-state index contributed by atoms with van der Waals surface area (Å²) in [4.78, 5) is 26.9. The number of aromatic nitrogens is 1. The van der Waals surface area contributed by atoms with Gasteiger partial charge in [0.2, 0.25) is 5.88 Å². The van der Waals surface area contributed by atoms with Crippen molar-refractivity contribution in [3.8, 4) is 17.4 Å². The van der Waals surface area contributed by atoms with E-state index in [0.717, 1.165) is 17.4 Å². The summed E-state index contributed by atoms with van der Waals surface area (Å²) in [6.07, 6.45) is 1.56. The van der Waals surface area contributed by atoms with Crippen molar-refractivity contribution in [2.75, 3.05) is 6.61 Å². The quantitative estimate of drug-likeness (QED) is 0.410. The molecule has 3 rings (SSSR count). The molecule has 1 aromatic heterocycles. The molecule has 0 spiro atoms. The summed E-state index contributed by atoms with van der Waals surface area (Å²) in [5.41, 5.74) is 0.561. The first-order valence-corrected chi connectivity index (χ1v) is 9.42. The van der Waals surface area contributed by atoms with E-state index in [-0.39, 0.29) is 22.8 Å². The highest BCUT2D eigenvalue weighted by atomic mass is 35.5. The lowest BCUT2D eigenvalue weighted by molar-refractivity contribution is -0.384. The van der Waals surface area contributed by atoms with E-state index in [0.29, 0.717) is 18.2 Å². The zero-order chi connectivity index (χ0) is 21.5. The van der Waals surface area contributed by atoms with Gasteiger partial charge in [0.05, 0.1) is 22.1 Å². The number of hydrogen-bond donors (Lipinski definition) is 1. The van der Waals surface area contributed by atoms with Crippen LogP contribution < -0.4 is 14.8 Å². The number of benzene rings is 2. The van der Waals surface area contributed by atoms with E-state index in [4.69, 9.17) is 21.1 Å². The summed E-state index contributed by atoms with van der Waals surface area (Å²) < 4.78 is 11.1. The summed E-state index contributed by atoms with van der Waals surface area (Å²) in [7, 11) is 0. The van der Waals surface area contributed by atoms with Gasteiger partial charge in [-0.3, -0.25) is 14.9 Å². The summed E-state index contributed by atoms with van der Waals surface area (Å²) in [5.74, 6) is 1.18. The maximum Gasteiger partial charge on any atom is 0.270 e. The molecule has 0 aliphatic heterocycles. The van der Waals surface area contributed by atoms with E-state index in [1.807, 2.05) is 6.92 Å². The minimum Gasteiger partial charge on any atom is -0.494 e. The molecule has 2 aromatic carbocycles. The molecule has 8 nitrogen and oxygen atoms in total. The van der Waals surface area contributed by atoms with Gasteiger partial charge in [0.25, 0.3) is 11.6 Å². The van der Waals surface area contributed by atoms with Crippen molar-refractivity contribution in [3.05, 3.63) is 87.1 Å². The highest BCUT2D eigenvalue weighted by Gasteiger charge is 2.15. The zero-order valence-corrected chi connectivity index (χ0v) is 16.8. The molecule has 0 bridgehead atoms. The van der Waals surface area contributed by atoms with Crippen molar-refractivity contribution >= 4 is 23.2 Å². The first-order valence-electron chi connectivity index (χ1n) is 9.04. The Balaban J connectivity index is 1.65. The van der Waals surface area contributed by atoms with Gasteiger partial charge in [0, 0.05) is 30.9 Å². The van der Waals surface area contributed by atoms with Gasteiger partial charge in [0.15, 0.2) is 0 Å². The number of nitro benzene ring substituents is 1. The number of pyridine rings is 1. The van der Waals surface area contributed by atoms with Crippen LogP contribution in [0.3, 0.4) is 0 Å². The Morgan fingerprint density at radius 2 is 1.87 bits per heavy atom. The average Bonchev–Trinajstić information content (AvgIpc) is 2.74. The lowest BCUT2D eigenvalue weighted by Gasteiger charge is -2.09. The molecule has 0 aliphatic rings. The maximum atomic E-state index is 12.4. The van der Waals surface area contributed by atoms with Crippen molar-refractivity contribution < 1.29 is 19.2 Å². The third kappa shape index (κ3) is 5.45. The Hall–Kier alpha value is -3.65. The summed E-state index contributed by atoms with van der Waals surface area (Å²) >= 11 is 6.00. The number of rotatable bonds is 8. The van der Waals surface area contributed by atoms with Gasteiger partial charge in [-0.05, 0) is 48.9 Å². The second-order valence-electron chi connectivity index (χ2n) is 6.11. The van der Waals surface area contributed by atoms with Crippen LogP contribution in [0, 0.1) is 10.1 Å². The largest absolute Gasteiger partial charge is 0.494 e. The van der Waals surface area contributed by atoms with Gasteiger partial charge in [0.1, 0.15) is 11.5 Å². The number of non-ortho nitro benzene ring substituents is 1. The van der Waals surface area contributed by atoms with E-state index in [2.05, 4.69) is 10.3 Å². The number of amides is 1. The van der Waals surface area contributed by atoms with Gasteiger partial charge in [-0.2, -0.15) is 0 Å². The second kappa shape index (κ2) is 9.71. The van der Waals surface area contributed by atoms with Crippen LogP contribution >= 0.6 is 11.6 Å². The predicted octanol–water partition coefficient (Wildman–Crippen LogP) is 4.76. The van der Waals surface area contributed by atoms with Gasteiger partial charge in [-0.15, -0.1) is 0 Å². The fourth-order valence-electron chi connectivity index (χ4n) is 2.59. The van der Waals surface area contributed by atoms with E-state index in [1.165, 1.54) is 12.1 Å². The topological polar surface area (TPSA) is 104 Å². The molecule has 0 saturated heterocycles. The Morgan fingerprint density at radius 1 is 1.13 bits per heavy atom. The third-order valence-electron chi connectivity index (χ3n) is 4.01. The molecule has 0 radical (unpaired) electrons. The Labute approximate surface area is 177 Å². The van der Waals surface area contributed by atoms with E-state index >= 15 is 0 Å². The summed E-state index contributed by atoms with van der Waals surface area (Å²) in [6, 6.07) is 14.3. The zero-order valence-electron chi connectivity index (χ0n) is 16.0. The monoisotopic (exact) mass is 427 g/mol. The van der Waals surface area contributed by atoms with Crippen LogP contribution in [0.2, 0.25) is 5.02 Å². The molecule has 30 heavy (non-hydrogen) atoms. The molecule has 0 aliphatic carbocycles. The van der Waals surface area contributed by atoms with Gasteiger partial charge in [-0.1, -0.05) is 11.6 Å². The van der Waals surface area contributed by atoms with Crippen LogP contribution in [0.4, 0.5) is 5.69 Å². The van der Waals surface area contributed by atoms with E-state index in [9.17, 15) is 14.9 Å². The molecule has 9 heteroatoms. The van der Waals surface area contributed by atoms with Crippen LogP contribution in [0.25, 0.3) is 0 Å². The minimum atomic E-state index is -0.583. The van der Waals surface area contributed by atoms with Gasteiger partial charge in [-0.25, -0.2) is 4.98 Å². The normalized spacial score (nSPS) is 10.3. The molecule has 0 atom stereocenters. The number of carbonyl (C=O) groups excluding carboxylic acids is 1. The molecule has 3 aromatic rings. The number of hydrogen-bond acceptors (Lipinski definition) is 6. The Morgan fingerprint density at radius 3 is 2.57 bits per heavy atom. The number of halogens is 1. The molecule has 0 fully saturated rings. The van der Waals surface area contributed by atoms with Crippen molar-refractivity contribution in [1.29, 1.82) is 0 Å². The van der Waals surface area contributed by atoms with Gasteiger partial charge < -0.3 is 14.8 Å².